The van der Waals surface area contributed by atoms with E-state index in [4.69, 9.17) is 9.15 Å². The van der Waals surface area contributed by atoms with Gasteiger partial charge in [0.15, 0.2) is 0 Å². The maximum atomic E-state index is 14.2. The number of carbonyl (C=O) groups excluding carboxylic acids is 2. The number of amides is 2. The summed E-state index contributed by atoms with van der Waals surface area (Å²) in [7, 11) is 3.10. The van der Waals surface area contributed by atoms with Crippen molar-refractivity contribution in [3.05, 3.63) is 94.6 Å². The molecular weight excluding hydrogens is 547 g/mol. The lowest BCUT2D eigenvalue weighted by atomic mass is 9.95. The third-order valence-electron chi connectivity index (χ3n) is 7.65. The summed E-state index contributed by atoms with van der Waals surface area (Å²) in [6.07, 6.45) is 1.75. The second kappa shape index (κ2) is 11.0. The summed E-state index contributed by atoms with van der Waals surface area (Å²) in [5.41, 5.74) is 5.89. The lowest BCUT2D eigenvalue weighted by Gasteiger charge is -2.23. The third-order valence-corrected chi connectivity index (χ3v) is 7.65. The maximum absolute atomic E-state index is 14.2. The highest BCUT2D eigenvalue weighted by molar-refractivity contribution is 6.12. The summed E-state index contributed by atoms with van der Waals surface area (Å²) in [5.74, 6) is 0.245. The second-order valence-electron chi connectivity index (χ2n) is 10.8. The summed E-state index contributed by atoms with van der Waals surface area (Å²) in [5, 5.41) is 3.29. The number of hydrogen-bond acceptors (Lipinski definition) is 6. The SMILES string of the molecule is CNC(=O)c1c(-c2ccc(F)cc2)oc2ccc(-c3cc(C(=O)N(c4nc(C)cc(C)n4)C4CC4)c(OC)cc3C)cc12. The highest BCUT2D eigenvalue weighted by Crippen LogP contribution is 2.39. The molecule has 5 aromatic rings. The molecule has 0 atom stereocenters. The highest BCUT2D eigenvalue weighted by atomic mass is 19.1. The van der Waals surface area contributed by atoms with Crippen LogP contribution < -0.4 is 15.0 Å². The van der Waals surface area contributed by atoms with Gasteiger partial charge in [-0.25, -0.2) is 14.4 Å². The fourth-order valence-electron chi connectivity index (χ4n) is 5.45. The first-order valence-corrected chi connectivity index (χ1v) is 14.1. The molecule has 2 aromatic heterocycles. The van der Waals surface area contributed by atoms with Gasteiger partial charge in [-0.2, -0.15) is 0 Å². The maximum Gasteiger partial charge on any atom is 0.264 e. The van der Waals surface area contributed by atoms with Crippen LogP contribution in [0.1, 0.15) is 50.5 Å². The van der Waals surface area contributed by atoms with Crippen LogP contribution in [-0.2, 0) is 0 Å². The van der Waals surface area contributed by atoms with Crippen LogP contribution in [0.2, 0.25) is 0 Å². The molecule has 0 aliphatic heterocycles. The van der Waals surface area contributed by atoms with E-state index in [1.807, 2.05) is 51.1 Å². The van der Waals surface area contributed by atoms with Crippen LogP contribution in [0, 0.1) is 26.6 Å². The first kappa shape index (κ1) is 28.1. The highest BCUT2D eigenvalue weighted by Gasteiger charge is 2.37. The van der Waals surface area contributed by atoms with Gasteiger partial charge in [-0.15, -0.1) is 0 Å². The van der Waals surface area contributed by atoms with Gasteiger partial charge in [-0.05, 0) is 105 Å². The number of nitrogens with one attached hydrogen (secondary N) is 1. The lowest BCUT2D eigenvalue weighted by molar-refractivity contribution is 0.0961. The predicted octanol–water partition coefficient (Wildman–Crippen LogP) is 6.80. The van der Waals surface area contributed by atoms with E-state index < -0.39 is 0 Å². The second-order valence-corrected chi connectivity index (χ2v) is 10.8. The predicted molar refractivity (Wildman–Crippen MR) is 163 cm³/mol. The van der Waals surface area contributed by atoms with Crippen molar-refractivity contribution in [2.45, 2.75) is 39.7 Å². The van der Waals surface area contributed by atoms with Gasteiger partial charge in [-0.3, -0.25) is 14.5 Å². The molecule has 0 radical (unpaired) electrons. The van der Waals surface area contributed by atoms with E-state index in [0.29, 0.717) is 45.1 Å². The standard InChI is InChI=1S/C34H31FN4O4/c1-18-14-29(42-5)27(33(41)39(24-11-12-24)34-37-19(2)15-20(3)38-34)17-25(18)22-8-13-28-26(16-22)30(32(40)36-4)31(43-28)21-6-9-23(35)10-7-21/h6-10,13-17,24H,11-12H2,1-5H3,(H,36,40). The van der Waals surface area contributed by atoms with E-state index in [0.717, 1.165) is 40.9 Å². The number of methoxy groups -OCH3 is 1. The number of carbonyl (C=O) groups is 2. The van der Waals surface area contributed by atoms with Gasteiger partial charge in [0, 0.05) is 35.4 Å². The average molecular weight is 579 g/mol. The number of aryl methyl sites for hydroxylation is 3. The lowest BCUT2D eigenvalue weighted by Crippen LogP contribution is -2.35. The number of nitrogens with zero attached hydrogens (tertiary/aromatic N) is 3. The molecule has 0 spiro atoms. The first-order chi connectivity index (χ1) is 20.7. The Labute approximate surface area is 248 Å². The Hall–Kier alpha value is -5.05. The Morgan fingerprint density at radius 2 is 1.63 bits per heavy atom. The van der Waals surface area contributed by atoms with Gasteiger partial charge in [-0.1, -0.05) is 6.07 Å². The number of rotatable bonds is 7. The largest absolute Gasteiger partial charge is 0.496 e. The van der Waals surface area contributed by atoms with E-state index in [2.05, 4.69) is 15.3 Å². The molecule has 2 heterocycles. The summed E-state index contributed by atoms with van der Waals surface area (Å²) in [6, 6.07) is 17.0. The Balaban J connectivity index is 1.48. The van der Waals surface area contributed by atoms with Gasteiger partial charge in [0.1, 0.15) is 22.9 Å². The molecule has 1 saturated carbocycles. The molecule has 1 aliphatic rings. The Morgan fingerprint density at radius 1 is 0.953 bits per heavy atom. The summed E-state index contributed by atoms with van der Waals surface area (Å²) < 4.78 is 25.4. The fraction of sp³-hybridized carbons (Fsp3) is 0.235. The molecule has 1 fully saturated rings. The number of aromatic nitrogens is 2. The minimum absolute atomic E-state index is 0.0189. The quantitative estimate of drug-likeness (QED) is 0.228. The number of hydrogen-bond donors (Lipinski definition) is 1. The van der Waals surface area contributed by atoms with Crippen molar-refractivity contribution in [3.63, 3.8) is 0 Å². The van der Waals surface area contributed by atoms with Crippen LogP contribution in [-0.4, -0.2) is 42.0 Å². The zero-order valence-corrected chi connectivity index (χ0v) is 24.6. The van der Waals surface area contributed by atoms with Gasteiger partial charge in [0.25, 0.3) is 11.8 Å². The number of halogens is 1. The molecule has 2 amide bonds. The molecule has 0 saturated heterocycles. The number of anilines is 1. The van der Waals surface area contributed by atoms with E-state index in [-0.39, 0.29) is 23.7 Å². The summed E-state index contributed by atoms with van der Waals surface area (Å²) >= 11 is 0. The zero-order valence-electron chi connectivity index (χ0n) is 24.6. The minimum atomic E-state index is -0.381. The molecular formula is C34H31FN4O4. The van der Waals surface area contributed by atoms with Crippen molar-refractivity contribution >= 4 is 28.7 Å². The first-order valence-electron chi connectivity index (χ1n) is 14.1. The normalized spacial score (nSPS) is 12.8. The molecule has 9 heteroatoms. The van der Waals surface area contributed by atoms with Crippen molar-refractivity contribution in [1.82, 2.24) is 15.3 Å². The van der Waals surface area contributed by atoms with Crippen LogP contribution in [0.5, 0.6) is 5.75 Å². The van der Waals surface area contributed by atoms with Gasteiger partial charge < -0.3 is 14.5 Å². The molecule has 218 valence electrons. The smallest absolute Gasteiger partial charge is 0.264 e. The fourth-order valence-corrected chi connectivity index (χ4v) is 5.45. The molecule has 3 aromatic carbocycles. The van der Waals surface area contributed by atoms with Crippen LogP contribution in [0.15, 0.2) is 65.1 Å². The van der Waals surface area contributed by atoms with Crippen LogP contribution in [0.3, 0.4) is 0 Å². The van der Waals surface area contributed by atoms with Crippen LogP contribution >= 0.6 is 0 Å². The van der Waals surface area contributed by atoms with E-state index in [1.54, 1.807) is 37.3 Å². The van der Waals surface area contributed by atoms with Crippen LogP contribution in [0.25, 0.3) is 33.4 Å². The molecule has 6 rings (SSSR count). The average Bonchev–Trinajstić information content (AvgIpc) is 3.74. The molecule has 43 heavy (non-hydrogen) atoms. The van der Waals surface area contributed by atoms with Crippen molar-refractivity contribution in [2.24, 2.45) is 0 Å². The molecule has 1 aliphatic carbocycles. The van der Waals surface area contributed by atoms with E-state index in [1.165, 1.54) is 12.1 Å². The van der Waals surface area contributed by atoms with Crippen LogP contribution in [0.4, 0.5) is 10.3 Å². The van der Waals surface area contributed by atoms with Gasteiger partial charge >= 0.3 is 0 Å². The van der Waals surface area contributed by atoms with Crippen molar-refractivity contribution in [3.8, 4) is 28.2 Å². The summed E-state index contributed by atoms with van der Waals surface area (Å²) in [4.78, 5) is 38.1. The van der Waals surface area contributed by atoms with Crippen molar-refractivity contribution in [2.75, 3.05) is 19.1 Å². The van der Waals surface area contributed by atoms with Crippen molar-refractivity contribution < 1.29 is 23.1 Å². The third kappa shape index (κ3) is 5.22. The Bertz CT molecular complexity index is 1870. The van der Waals surface area contributed by atoms with E-state index >= 15 is 0 Å². The van der Waals surface area contributed by atoms with Crippen molar-refractivity contribution in [1.29, 1.82) is 0 Å². The zero-order chi connectivity index (χ0) is 30.4. The minimum Gasteiger partial charge on any atom is -0.496 e. The Morgan fingerprint density at radius 3 is 2.26 bits per heavy atom. The Kier molecular flexibility index (Phi) is 7.17. The number of ether oxygens (including phenoxy) is 1. The summed E-state index contributed by atoms with van der Waals surface area (Å²) in [6.45, 7) is 5.72. The number of fused-ring (bicyclic) bond motifs is 1. The van der Waals surface area contributed by atoms with Gasteiger partial charge in [0.2, 0.25) is 5.95 Å². The van der Waals surface area contributed by atoms with Gasteiger partial charge in [0.05, 0.1) is 18.2 Å². The number of benzene rings is 3. The topological polar surface area (TPSA) is 97.6 Å². The number of furan rings is 1. The molecule has 1 N–H and O–H groups in total. The molecule has 8 nitrogen and oxygen atoms in total. The molecule has 0 unspecified atom stereocenters. The van der Waals surface area contributed by atoms with E-state index in [9.17, 15) is 14.0 Å². The monoisotopic (exact) mass is 578 g/mol. The molecule has 0 bridgehead atoms.